The second-order valence-corrected chi connectivity index (χ2v) is 5.41. The van der Waals surface area contributed by atoms with Crippen molar-refractivity contribution in [1.82, 2.24) is 5.32 Å². The first kappa shape index (κ1) is 15.4. The van der Waals surface area contributed by atoms with Gasteiger partial charge >= 0.3 is 5.97 Å². The minimum Gasteiger partial charge on any atom is -0.481 e. The maximum Gasteiger partial charge on any atom is 0.306 e. The third-order valence-corrected chi connectivity index (χ3v) is 3.94. The number of nitrogens with one attached hydrogen (secondary N) is 1. The summed E-state index contributed by atoms with van der Waals surface area (Å²) in [6, 6.07) is 2.73. The average Bonchev–Trinajstić information content (AvgIpc) is 2.88. The predicted molar refractivity (Wildman–Crippen MR) is 71.4 cm³/mol. The Morgan fingerprint density at radius 1 is 1.24 bits per heavy atom. The molecule has 114 valence electrons. The molecular formula is C15H17F2NO3. The van der Waals surface area contributed by atoms with Gasteiger partial charge in [-0.15, -0.1) is 0 Å². The minimum atomic E-state index is -0.904. The third kappa shape index (κ3) is 3.37. The normalized spacial score (nSPS) is 22.8. The number of hydrogen-bond donors (Lipinski definition) is 2. The molecule has 1 aliphatic carbocycles. The Hall–Kier alpha value is -1.98. The van der Waals surface area contributed by atoms with Crippen molar-refractivity contribution < 1.29 is 23.5 Å². The Kier molecular flexibility index (Phi) is 4.55. The van der Waals surface area contributed by atoms with Crippen LogP contribution in [0.1, 0.15) is 37.8 Å². The summed E-state index contributed by atoms with van der Waals surface area (Å²) in [5, 5.41) is 11.5. The summed E-state index contributed by atoms with van der Waals surface area (Å²) < 4.78 is 27.3. The molecule has 2 rings (SSSR count). The van der Waals surface area contributed by atoms with Crippen LogP contribution < -0.4 is 5.32 Å². The van der Waals surface area contributed by atoms with Gasteiger partial charge < -0.3 is 10.4 Å². The van der Waals surface area contributed by atoms with Crippen LogP contribution in [0.4, 0.5) is 8.78 Å². The fourth-order valence-corrected chi connectivity index (χ4v) is 2.77. The molecule has 1 amide bonds. The van der Waals surface area contributed by atoms with Gasteiger partial charge in [0.25, 0.3) is 0 Å². The predicted octanol–water partition coefficient (Wildman–Crippen LogP) is 2.64. The average molecular weight is 297 g/mol. The number of benzene rings is 1. The van der Waals surface area contributed by atoms with Gasteiger partial charge in [-0.3, -0.25) is 9.59 Å². The molecule has 3 atom stereocenters. The monoisotopic (exact) mass is 297 g/mol. The van der Waals surface area contributed by atoms with E-state index >= 15 is 0 Å². The summed E-state index contributed by atoms with van der Waals surface area (Å²) in [7, 11) is 0. The minimum absolute atomic E-state index is 0.182. The zero-order valence-corrected chi connectivity index (χ0v) is 11.6. The molecular weight excluding hydrogens is 280 g/mol. The van der Waals surface area contributed by atoms with Crippen molar-refractivity contribution in [2.75, 3.05) is 0 Å². The van der Waals surface area contributed by atoms with Crippen molar-refractivity contribution in [3.8, 4) is 0 Å². The molecule has 1 aromatic carbocycles. The number of amides is 1. The Balaban J connectivity index is 2.02. The molecule has 1 saturated carbocycles. The lowest BCUT2D eigenvalue weighted by atomic mass is 10.0. The summed E-state index contributed by atoms with van der Waals surface area (Å²) in [6.45, 7) is 1.50. The van der Waals surface area contributed by atoms with Crippen LogP contribution in [0.25, 0.3) is 0 Å². The van der Waals surface area contributed by atoms with Crippen molar-refractivity contribution in [3.05, 3.63) is 35.4 Å². The van der Waals surface area contributed by atoms with E-state index in [4.69, 9.17) is 5.11 Å². The number of hydrogen-bond acceptors (Lipinski definition) is 2. The number of carbonyl (C=O) groups excluding carboxylic acids is 1. The van der Waals surface area contributed by atoms with Crippen LogP contribution in [0.3, 0.4) is 0 Å². The molecule has 0 bridgehead atoms. The Morgan fingerprint density at radius 2 is 1.81 bits per heavy atom. The number of carboxylic acid groups (broad SMARTS) is 1. The quantitative estimate of drug-likeness (QED) is 0.898. The van der Waals surface area contributed by atoms with Crippen molar-refractivity contribution in [1.29, 1.82) is 0 Å². The highest BCUT2D eigenvalue weighted by molar-refractivity contribution is 5.81. The zero-order valence-electron chi connectivity index (χ0n) is 11.6. The van der Waals surface area contributed by atoms with Crippen molar-refractivity contribution in [2.24, 2.45) is 11.8 Å². The number of halogens is 2. The van der Waals surface area contributed by atoms with Crippen molar-refractivity contribution >= 4 is 11.9 Å². The van der Waals surface area contributed by atoms with Crippen LogP contribution >= 0.6 is 0 Å². The first-order valence-electron chi connectivity index (χ1n) is 6.87. The highest BCUT2D eigenvalue weighted by atomic mass is 19.1. The maximum absolute atomic E-state index is 13.6. The van der Waals surface area contributed by atoms with E-state index in [-0.39, 0.29) is 17.9 Å². The molecule has 0 aliphatic heterocycles. The van der Waals surface area contributed by atoms with Crippen LogP contribution in [0.2, 0.25) is 0 Å². The SMILES string of the molecule is CC(NC(=O)C1CCC(C(=O)O)C1)c1c(F)cccc1F. The maximum atomic E-state index is 13.6. The lowest BCUT2D eigenvalue weighted by Gasteiger charge is -2.18. The Morgan fingerprint density at radius 3 is 2.33 bits per heavy atom. The van der Waals surface area contributed by atoms with Crippen molar-refractivity contribution in [2.45, 2.75) is 32.2 Å². The molecule has 0 saturated heterocycles. The van der Waals surface area contributed by atoms with Crippen LogP contribution in [-0.4, -0.2) is 17.0 Å². The smallest absolute Gasteiger partial charge is 0.306 e. The van der Waals surface area contributed by atoms with Gasteiger partial charge in [0.1, 0.15) is 11.6 Å². The lowest BCUT2D eigenvalue weighted by Crippen LogP contribution is -2.32. The van der Waals surface area contributed by atoms with Gasteiger partial charge in [-0.05, 0) is 38.3 Å². The largest absolute Gasteiger partial charge is 0.481 e. The van der Waals surface area contributed by atoms with Crippen LogP contribution in [-0.2, 0) is 9.59 Å². The van der Waals surface area contributed by atoms with Gasteiger partial charge in [-0.1, -0.05) is 6.07 Å². The number of carboxylic acids is 1. The van der Waals surface area contributed by atoms with E-state index in [1.54, 1.807) is 0 Å². The van der Waals surface area contributed by atoms with E-state index in [0.29, 0.717) is 12.8 Å². The number of aliphatic carboxylic acids is 1. The first-order valence-corrected chi connectivity index (χ1v) is 6.87. The number of carbonyl (C=O) groups is 2. The highest BCUT2D eigenvalue weighted by Crippen LogP contribution is 2.32. The summed E-state index contributed by atoms with van der Waals surface area (Å²) in [5.41, 5.74) is -0.182. The van der Waals surface area contributed by atoms with Gasteiger partial charge in [0.15, 0.2) is 0 Å². The molecule has 4 nitrogen and oxygen atoms in total. The van der Waals surface area contributed by atoms with Gasteiger partial charge in [0, 0.05) is 11.5 Å². The summed E-state index contributed by atoms with van der Waals surface area (Å²) in [6.07, 6.45) is 1.21. The van der Waals surface area contributed by atoms with E-state index in [1.807, 2.05) is 0 Å². The van der Waals surface area contributed by atoms with Crippen molar-refractivity contribution in [3.63, 3.8) is 0 Å². The van der Waals surface area contributed by atoms with Crippen LogP contribution in [0.5, 0.6) is 0 Å². The second-order valence-electron chi connectivity index (χ2n) is 5.41. The van der Waals surface area contributed by atoms with Crippen LogP contribution in [0.15, 0.2) is 18.2 Å². The number of rotatable bonds is 4. The molecule has 0 spiro atoms. The molecule has 3 unspecified atom stereocenters. The summed E-state index contributed by atoms with van der Waals surface area (Å²) in [4.78, 5) is 22.9. The topological polar surface area (TPSA) is 66.4 Å². The first-order chi connectivity index (χ1) is 9.90. The molecule has 2 N–H and O–H groups in total. The zero-order chi connectivity index (χ0) is 15.6. The van der Waals surface area contributed by atoms with E-state index in [9.17, 15) is 18.4 Å². The Bertz CT molecular complexity index is 542. The molecule has 1 fully saturated rings. The van der Waals surface area contributed by atoms with Gasteiger partial charge in [0.05, 0.1) is 12.0 Å². The molecule has 21 heavy (non-hydrogen) atoms. The van der Waals surface area contributed by atoms with Gasteiger partial charge in [0.2, 0.25) is 5.91 Å². The molecule has 6 heteroatoms. The fourth-order valence-electron chi connectivity index (χ4n) is 2.77. The molecule has 0 radical (unpaired) electrons. The third-order valence-electron chi connectivity index (χ3n) is 3.94. The molecule has 1 aromatic rings. The summed E-state index contributed by atoms with van der Waals surface area (Å²) in [5.74, 6) is -3.60. The standard InChI is InChI=1S/C15H17F2NO3/c1-8(13-11(16)3-2-4-12(13)17)18-14(19)9-5-6-10(7-9)15(20)21/h2-4,8-10H,5-7H2,1H3,(H,18,19)(H,20,21). The Labute approximate surface area is 121 Å². The van der Waals surface area contributed by atoms with E-state index < -0.39 is 35.5 Å². The van der Waals surface area contributed by atoms with Gasteiger partial charge in [-0.25, -0.2) is 8.78 Å². The molecule has 0 heterocycles. The lowest BCUT2D eigenvalue weighted by molar-refractivity contribution is -0.141. The van der Waals surface area contributed by atoms with E-state index in [2.05, 4.69) is 5.32 Å². The van der Waals surface area contributed by atoms with E-state index in [1.165, 1.54) is 13.0 Å². The second kappa shape index (κ2) is 6.20. The molecule has 0 aromatic heterocycles. The summed E-state index contributed by atoms with van der Waals surface area (Å²) >= 11 is 0. The molecule has 1 aliphatic rings. The highest BCUT2D eigenvalue weighted by Gasteiger charge is 2.34. The van der Waals surface area contributed by atoms with Gasteiger partial charge in [-0.2, -0.15) is 0 Å². The fraction of sp³-hybridized carbons (Fsp3) is 0.467. The van der Waals surface area contributed by atoms with Crippen LogP contribution in [0, 0.1) is 23.5 Å². The van der Waals surface area contributed by atoms with E-state index in [0.717, 1.165) is 12.1 Å².